The van der Waals surface area contributed by atoms with Gasteiger partial charge in [-0.25, -0.2) is 9.13 Å². The number of Topliss-reactive ketones (excluding diaryl/α,β-unsaturated/α-hetero) is 1. The Hall–Kier alpha value is -1.26. The highest BCUT2D eigenvalue weighted by Gasteiger charge is 2.53. The maximum atomic E-state index is 13.7. The fraction of sp³-hybridized carbons (Fsp3) is 0.939. The van der Waals surface area contributed by atoms with Gasteiger partial charge in [0.05, 0.1) is 25.7 Å². The second-order valence-corrected chi connectivity index (χ2v) is 27.1. The van der Waals surface area contributed by atoms with Crippen LogP contribution in [0.2, 0.25) is 0 Å². The molecule has 0 radical (unpaired) electrons. The Balaban J connectivity index is 2.41. The molecule has 0 aromatic heterocycles. The predicted molar refractivity (Wildman–Crippen MR) is 345 cm³/mol. The van der Waals surface area contributed by atoms with E-state index in [1.54, 1.807) is 7.11 Å². The lowest BCUT2D eigenvalue weighted by Gasteiger charge is -2.47. The Morgan fingerprint density at radius 2 is 0.920 bits per heavy atom. The number of nitrogens with one attached hydrogen (secondary N) is 1. The molecular weight excluding hydrogens is 1170 g/mol. The topological polar surface area (TPSA) is 274 Å². The molecule has 0 bridgehead atoms. The number of phosphoric acid groups is 2. The van der Waals surface area contributed by atoms with Crippen LogP contribution in [0, 0.1) is 0 Å². The zero-order valence-corrected chi connectivity index (χ0v) is 57.5. The highest BCUT2D eigenvalue weighted by molar-refractivity contribution is 7.46. The summed E-state index contributed by atoms with van der Waals surface area (Å²) in [5.41, 5.74) is 0. The number of allylic oxidation sites excluding steroid dienone is 2. The van der Waals surface area contributed by atoms with Gasteiger partial charge in [0.15, 0.2) is 12.6 Å². The largest absolute Gasteiger partial charge is 0.472 e. The lowest BCUT2D eigenvalue weighted by Crippen LogP contribution is -2.66. The van der Waals surface area contributed by atoms with Crippen LogP contribution in [0.25, 0.3) is 0 Å². The van der Waals surface area contributed by atoms with Gasteiger partial charge in [0.25, 0.3) is 0 Å². The molecule has 0 aromatic carbocycles. The van der Waals surface area contributed by atoms with Crippen molar-refractivity contribution in [3.05, 3.63) is 12.2 Å². The molecule has 1 amide bonds. The van der Waals surface area contributed by atoms with E-state index in [-0.39, 0.29) is 44.7 Å². The third-order valence-corrected chi connectivity index (χ3v) is 17.8. The number of ether oxygens (including phenoxy) is 8. The number of rotatable bonds is 60. The minimum absolute atomic E-state index is 0.0858. The van der Waals surface area contributed by atoms with Gasteiger partial charge in [-0.05, 0) is 57.8 Å². The van der Waals surface area contributed by atoms with Crippen LogP contribution in [0.1, 0.15) is 285 Å². The molecule has 0 saturated carbocycles. The van der Waals surface area contributed by atoms with Gasteiger partial charge in [0, 0.05) is 40.5 Å². The average Bonchev–Trinajstić information content (AvgIpc) is 3.63. The minimum atomic E-state index is -5.36. The summed E-state index contributed by atoms with van der Waals surface area (Å²) in [5, 5.41) is 14.9. The number of methoxy groups -OCH3 is 2. The van der Waals surface area contributed by atoms with Crippen molar-refractivity contribution < 1.29 is 90.3 Å². The summed E-state index contributed by atoms with van der Waals surface area (Å²) in [7, 11) is -7.51. The van der Waals surface area contributed by atoms with Crippen LogP contribution < -0.4 is 5.32 Å². The number of hydrogen-bond acceptors (Lipinski definition) is 15. The summed E-state index contributed by atoms with van der Waals surface area (Å²) in [6.45, 7) is 8.38. The molecule has 20 nitrogen and oxygen atoms in total. The first-order valence-electron chi connectivity index (χ1n) is 34.9. The van der Waals surface area contributed by atoms with Crippen LogP contribution in [0.4, 0.5) is 0 Å². The molecule has 2 rings (SSSR count). The van der Waals surface area contributed by atoms with E-state index in [0.717, 1.165) is 148 Å². The zero-order chi connectivity index (χ0) is 64.5. The molecule has 6 N–H and O–H groups in total. The van der Waals surface area contributed by atoms with Gasteiger partial charge in [0.2, 0.25) is 5.91 Å². The summed E-state index contributed by atoms with van der Waals surface area (Å²) < 4.78 is 86.1. The maximum absolute atomic E-state index is 13.7. The monoisotopic (exact) mass is 1300 g/mol. The molecule has 0 aromatic rings. The third-order valence-electron chi connectivity index (χ3n) is 16.8. The minimum Gasteiger partial charge on any atom is -0.388 e. The Bertz CT molecular complexity index is 1810. The van der Waals surface area contributed by atoms with E-state index in [1.165, 1.54) is 77.7 Å². The zero-order valence-electron chi connectivity index (χ0n) is 55.7. The molecule has 2 aliphatic heterocycles. The van der Waals surface area contributed by atoms with Crippen molar-refractivity contribution in [3.63, 3.8) is 0 Å². The molecule has 0 spiro atoms. The van der Waals surface area contributed by atoms with Gasteiger partial charge in [-0.1, -0.05) is 226 Å². The predicted octanol–water partition coefficient (Wildman–Crippen LogP) is 14.5. The summed E-state index contributed by atoms with van der Waals surface area (Å²) in [5.74, 6) is -1.05. The third kappa shape index (κ3) is 40.8. The van der Waals surface area contributed by atoms with E-state index in [0.29, 0.717) is 25.7 Å². The van der Waals surface area contributed by atoms with Gasteiger partial charge >= 0.3 is 15.6 Å². The van der Waals surface area contributed by atoms with Crippen molar-refractivity contribution in [2.24, 2.45) is 0 Å². The molecule has 11 atom stereocenters. The van der Waals surface area contributed by atoms with E-state index in [9.17, 15) is 43.4 Å². The van der Waals surface area contributed by atoms with E-state index < -0.39 is 95.9 Å². The SMILES string of the molecule is CCCCCCC=CCCCCCCCCCCO[C@H]1[C@H](OC[C@H]2O[C@H](OP(=O)(O)O)[C@H](NC(=O)CC(=O)CCCCCCCCCCC)[C@@H](OCCCCCCCCCC)[C@@H]2O)O[C@H](COC)[C@@H](OP(=O)(O)O)[C@@H]1OCC[C@@H](CCCCCCC)OC. The van der Waals surface area contributed by atoms with Gasteiger partial charge in [0.1, 0.15) is 54.6 Å². The molecule has 520 valence electrons. The number of ketones is 1. The smallest absolute Gasteiger partial charge is 0.388 e. The second-order valence-electron chi connectivity index (χ2n) is 24.7. The number of unbranched alkanes of at least 4 members (excludes halogenated alkanes) is 31. The van der Waals surface area contributed by atoms with Crippen LogP contribution in [-0.4, -0.2) is 151 Å². The first-order valence-corrected chi connectivity index (χ1v) is 38.0. The normalized spacial score (nSPS) is 23.1. The molecule has 22 heteroatoms. The Labute approximate surface area is 532 Å². The number of carbonyl (C=O) groups is 2. The van der Waals surface area contributed by atoms with Crippen LogP contribution in [-0.2, 0) is 65.7 Å². The molecule has 2 aliphatic rings. The highest BCUT2D eigenvalue weighted by atomic mass is 31.2. The summed E-state index contributed by atoms with van der Waals surface area (Å²) in [6.07, 6.45) is 31.2. The molecule has 2 heterocycles. The Kier molecular flexibility index (Phi) is 49.9. The Morgan fingerprint density at radius 1 is 0.477 bits per heavy atom. The maximum Gasteiger partial charge on any atom is 0.472 e. The number of aliphatic hydroxyl groups excluding tert-OH is 1. The summed E-state index contributed by atoms with van der Waals surface area (Å²) >= 11 is 0. The quantitative estimate of drug-likeness (QED) is 0.0143. The van der Waals surface area contributed by atoms with Gasteiger partial charge < -0.3 is 67.9 Å². The van der Waals surface area contributed by atoms with Crippen LogP contribution in [0.5, 0.6) is 0 Å². The fourth-order valence-electron chi connectivity index (χ4n) is 11.6. The van der Waals surface area contributed by atoms with Gasteiger partial charge in [-0.15, -0.1) is 0 Å². The lowest BCUT2D eigenvalue weighted by molar-refractivity contribution is -0.328. The van der Waals surface area contributed by atoms with Crippen molar-refractivity contribution in [1.29, 1.82) is 0 Å². The standard InChI is InChI=1S/C66H127NO19P2/c1-7-11-15-19-22-25-26-27-28-29-30-31-33-36-40-44-49-80-64-63(81-50-47-55(78-6)46-42-37-18-14-10-4)61(85-87(71,72)73)57(52-77-5)84-66(64)82-53-56-60(70)62(79-48-43-39-35-24-21-17-13-9-3)59(65(83-56)86-88(74,75)76)67-58(69)51-54(68)45-41-38-34-32-23-20-16-12-8-2/h25-26,55-57,59-66,70H,7-24,27-53H2,1-6H3,(H,67,69)(H2,71,72,73)(H2,74,75,76)/t55-,56-,57-,59-,60-,61-,62-,63+,64-,65-,66-/m1/s1. The summed E-state index contributed by atoms with van der Waals surface area (Å²) in [4.78, 5) is 68.0. The van der Waals surface area contributed by atoms with Gasteiger partial charge in [-0.3, -0.25) is 18.6 Å². The van der Waals surface area contributed by atoms with Crippen molar-refractivity contribution in [3.8, 4) is 0 Å². The first kappa shape index (κ1) is 82.8. The van der Waals surface area contributed by atoms with Crippen LogP contribution in [0.15, 0.2) is 12.2 Å². The first-order chi connectivity index (χ1) is 42.5. The fourth-order valence-corrected chi connectivity index (χ4v) is 12.7. The van der Waals surface area contributed by atoms with E-state index >= 15 is 0 Å². The number of phosphoric ester groups is 2. The van der Waals surface area contributed by atoms with Crippen LogP contribution >= 0.6 is 15.6 Å². The lowest BCUT2D eigenvalue weighted by atomic mass is 9.96. The average molecular weight is 1300 g/mol. The molecule has 2 fully saturated rings. The van der Waals surface area contributed by atoms with Crippen molar-refractivity contribution >= 4 is 27.3 Å². The second kappa shape index (κ2) is 53.0. The van der Waals surface area contributed by atoms with Crippen molar-refractivity contribution in [2.75, 3.05) is 47.3 Å². The summed E-state index contributed by atoms with van der Waals surface area (Å²) in [6, 6.07) is -1.48. The van der Waals surface area contributed by atoms with E-state index in [1.807, 2.05) is 0 Å². The molecule has 0 aliphatic carbocycles. The van der Waals surface area contributed by atoms with Crippen molar-refractivity contribution in [2.45, 2.75) is 352 Å². The number of amides is 1. The molecule has 2 saturated heterocycles. The molecule has 88 heavy (non-hydrogen) atoms. The highest BCUT2D eigenvalue weighted by Crippen LogP contribution is 2.44. The molecule has 0 unspecified atom stereocenters. The van der Waals surface area contributed by atoms with Crippen LogP contribution in [0.3, 0.4) is 0 Å². The number of hydrogen-bond donors (Lipinski definition) is 6. The Morgan fingerprint density at radius 3 is 1.42 bits per heavy atom. The van der Waals surface area contributed by atoms with E-state index in [2.05, 4.69) is 45.2 Å². The number of aliphatic hydroxyl groups is 1. The van der Waals surface area contributed by atoms with E-state index in [4.69, 9.17) is 46.9 Å². The number of carbonyl (C=O) groups excluding carboxylic acids is 2. The van der Waals surface area contributed by atoms with Crippen molar-refractivity contribution in [1.82, 2.24) is 5.32 Å². The molecular formula is C66H127NO19P2. The van der Waals surface area contributed by atoms with Gasteiger partial charge in [-0.2, -0.15) is 0 Å².